The lowest BCUT2D eigenvalue weighted by Gasteiger charge is -2.33. The first kappa shape index (κ1) is 17.8. The third-order valence-corrected chi connectivity index (χ3v) is 4.49. The Morgan fingerprint density at radius 2 is 2.13 bits per heavy atom. The number of sulfonamides is 1. The number of ether oxygens (including phenoxy) is 1. The monoisotopic (exact) mass is 341 g/mol. The maximum Gasteiger partial charge on any atom is 0.240 e. The summed E-state index contributed by atoms with van der Waals surface area (Å²) in [5.41, 5.74) is 0.886. The normalized spacial score (nSPS) is 17.9. The number of hydrogen-bond donors (Lipinski definition) is 1. The van der Waals surface area contributed by atoms with Crippen molar-refractivity contribution in [1.29, 1.82) is 0 Å². The third-order valence-electron chi connectivity index (χ3n) is 3.71. The standard InChI is InChI=1S/C15H23N3O4S/c1-12(17-23(2,20)21)15(19)18-9-6-14(7-10-18)22-11-13-5-3-4-8-16-13/h3-5,8,12,14,17H,6-7,9-11H2,1-2H3/t12-/m0/s1. The second-order valence-electron chi connectivity index (χ2n) is 5.77. The van der Waals surface area contributed by atoms with Gasteiger partial charge in [0.1, 0.15) is 0 Å². The van der Waals surface area contributed by atoms with Crippen molar-refractivity contribution in [2.24, 2.45) is 0 Å². The summed E-state index contributed by atoms with van der Waals surface area (Å²) >= 11 is 0. The molecule has 0 bridgehead atoms. The molecule has 1 saturated heterocycles. The lowest BCUT2D eigenvalue weighted by molar-refractivity contribution is -0.135. The summed E-state index contributed by atoms with van der Waals surface area (Å²) in [5.74, 6) is -0.196. The average molecular weight is 341 g/mol. The van der Waals surface area contributed by atoms with Crippen molar-refractivity contribution in [2.75, 3.05) is 19.3 Å². The van der Waals surface area contributed by atoms with Crippen molar-refractivity contribution < 1.29 is 17.9 Å². The molecule has 1 aromatic heterocycles. The zero-order valence-electron chi connectivity index (χ0n) is 13.4. The Hall–Kier alpha value is -1.51. The first-order valence-corrected chi connectivity index (χ1v) is 9.52. The molecule has 1 aliphatic heterocycles. The quantitative estimate of drug-likeness (QED) is 0.815. The van der Waals surface area contributed by atoms with E-state index in [0.717, 1.165) is 24.8 Å². The molecule has 2 rings (SSSR count). The van der Waals surface area contributed by atoms with Crippen LogP contribution in [0.15, 0.2) is 24.4 Å². The zero-order valence-corrected chi connectivity index (χ0v) is 14.3. The minimum Gasteiger partial charge on any atom is -0.372 e. The van der Waals surface area contributed by atoms with E-state index in [-0.39, 0.29) is 12.0 Å². The molecular formula is C15H23N3O4S. The van der Waals surface area contributed by atoms with Crippen molar-refractivity contribution >= 4 is 15.9 Å². The topological polar surface area (TPSA) is 88.6 Å². The Morgan fingerprint density at radius 3 is 2.70 bits per heavy atom. The van der Waals surface area contributed by atoms with E-state index < -0.39 is 16.1 Å². The predicted octanol–water partition coefficient (Wildman–Crippen LogP) is 0.527. The molecule has 2 heterocycles. The number of carbonyl (C=O) groups excluding carboxylic acids is 1. The molecule has 0 unspecified atom stereocenters. The molecule has 1 atom stereocenters. The van der Waals surface area contributed by atoms with Crippen molar-refractivity contribution in [1.82, 2.24) is 14.6 Å². The highest BCUT2D eigenvalue weighted by molar-refractivity contribution is 7.88. The number of nitrogens with zero attached hydrogens (tertiary/aromatic N) is 2. The molecule has 0 radical (unpaired) electrons. The van der Waals surface area contributed by atoms with Crippen LogP contribution in [0.3, 0.4) is 0 Å². The van der Waals surface area contributed by atoms with E-state index in [4.69, 9.17) is 4.74 Å². The second-order valence-corrected chi connectivity index (χ2v) is 7.55. The highest BCUT2D eigenvalue weighted by atomic mass is 32.2. The number of likely N-dealkylation sites (tertiary alicyclic amines) is 1. The highest BCUT2D eigenvalue weighted by Gasteiger charge is 2.27. The van der Waals surface area contributed by atoms with Crippen LogP contribution in [0.25, 0.3) is 0 Å². The summed E-state index contributed by atoms with van der Waals surface area (Å²) in [4.78, 5) is 18.1. The Kier molecular flexibility index (Phi) is 6.09. The molecule has 0 aromatic carbocycles. The summed E-state index contributed by atoms with van der Waals surface area (Å²) in [5, 5.41) is 0. The van der Waals surface area contributed by atoms with Crippen LogP contribution in [-0.4, -0.2) is 55.7 Å². The van der Waals surface area contributed by atoms with Gasteiger partial charge in [-0.1, -0.05) is 6.07 Å². The molecule has 0 spiro atoms. The van der Waals surface area contributed by atoms with Gasteiger partial charge in [-0.25, -0.2) is 13.1 Å². The van der Waals surface area contributed by atoms with Gasteiger partial charge in [0, 0.05) is 19.3 Å². The fourth-order valence-corrected chi connectivity index (χ4v) is 3.32. The minimum absolute atomic E-state index is 0.0965. The fraction of sp³-hybridized carbons (Fsp3) is 0.600. The molecule has 0 aliphatic carbocycles. The molecule has 1 amide bonds. The Morgan fingerprint density at radius 1 is 1.43 bits per heavy atom. The largest absolute Gasteiger partial charge is 0.372 e. The molecule has 128 valence electrons. The van der Waals surface area contributed by atoms with Crippen molar-refractivity contribution in [3.05, 3.63) is 30.1 Å². The Balaban J connectivity index is 1.76. The lowest BCUT2D eigenvalue weighted by atomic mass is 10.1. The van der Waals surface area contributed by atoms with Gasteiger partial charge in [-0.2, -0.15) is 0 Å². The lowest BCUT2D eigenvalue weighted by Crippen LogP contribution is -2.49. The van der Waals surface area contributed by atoms with Gasteiger partial charge in [-0.3, -0.25) is 9.78 Å². The predicted molar refractivity (Wildman–Crippen MR) is 86.1 cm³/mol. The molecule has 1 aliphatic rings. The van der Waals surface area contributed by atoms with E-state index in [2.05, 4.69) is 9.71 Å². The number of carbonyl (C=O) groups is 1. The number of aromatic nitrogens is 1. The van der Waals surface area contributed by atoms with Crippen LogP contribution in [0.4, 0.5) is 0 Å². The first-order valence-electron chi connectivity index (χ1n) is 7.63. The van der Waals surface area contributed by atoms with Gasteiger partial charge in [-0.15, -0.1) is 0 Å². The molecule has 1 fully saturated rings. The summed E-state index contributed by atoms with van der Waals surface area (Å²) < 4.78 is 30.5. The van der Waals surface area contributed by atoms with E-state index in [9.17, 15) is 13.2 Å². The van der Waals surface area contributed by atoms with E-state index in [0.29, 0.717) is 19.7 Å². The highest BCUT2D eigenvalue weighted by Crippen LogP contribution is 2.16. The smallest absolute Gasteiger partial charge is 0.240 e. The molecule has 1 aromatic rings. The maximum absolute atomic E-state index is 12.2. The van der Waals surface area contributed by atoms with Crippen LogP contribution >= 0.6 is 0 Å². The molecule has 0 saturated carbocycles. The van der Waals surface area contributed by atoms with Crippen LogP contribution < -0.4 is 4.72 Å². The van der Waals surface area contributed by atoms with Crippen LogP contribution in [0, 0.1) is 0 Å². The van der Waals surface area contributed by atoms with E-state index >= 15 is 0 Å². The minimum atomic E-state index is -3.39. The van der Waals surface area contributed by atoms with E-state index in [1.165, 1.54) is 0 Å². The van der Waals surface area contributed by atoms with Crippen LogP contribution in [0.5, 0.6) is 0 Å². The molecule has 8 heteroatoms. The fourth-order valence-electron chi connectivity index (χ4n) is 2.57. The Bertz CT molecular complexity index is 613. The van der Waals surface area contributed by atoms with Gasteiger partial charge < -0.3 is 9.64 Å². The number of pyridine rings is 1. The van der Waals surface area contributed by atoms with Crippen molar-refractivity contribution in [3.63, 3.8) is 0 Å². The number of hydrogen-bond acceptors (Lipinski definition) is 5. The molecule has 7 nitrogen and oxygen atoms in total. The number of amides is 1. The van der Waals surface area contributed by atoms with E-state index in [1.54, 1.807) is 18.0 Å². The van der Waals surface area contributed by atoms with Crippen LogP contribution in [-0.2, 0) is 26.2 Å². The number of piperidine rings is 1. The van der Waals surface area contributed by atoms with Crippen LogP contribution in [0.1, 0.15) is 25.5 Å². The molecule has 1 N–H and O–H groups in total. The van der Waals surface area contributed by atoms with E-state index in [1.807, 2.05) is 18.2 Å². The van der Waals surface area contributed by atoms with Crippen molar-refractivity contribution in [2.45, 2.75) is 38.5 Å². The SMILES string of the molecule is C[C@H](NS(C)(=O)=O)C(=O)N1CCC(OCc2ccccn2)CC1. The van der Waals surface area contributed by atoms with Crippen molar-refractivity contribution in [3.8, 4) is 0 Å². The summed E-state index contributed by atoms with van der Waals surface area (Å²) in [6.45, 7) is 3.17. The first-order chi connectivity index (χ1) is 10.8. The summed E-state index contributed by atoms with van der Waals surface area (Å²) in [7, 11) is -3.39. The second kappa shape index (κ2) is 7.85. The molecule has 23 heavy (non-hydrogen) atoms. The maximum atomic E-state index is 12.2. The molecular weight excluding hydrogens is 318 g/mol. The van der Waals surface area contributed by atoms with Gasteiger partial charge in [0.25, 0.3) is 0 Å². The number of nitrogens with one attached hydrogen (secondary N) is 1. The van der Waals surface area contributed by atoms with Gasteiger partial charge in [0.05, 0.1) is 30.7 Å². The zero-order chi connectivity index (χ0) is 16.9. The number of rotatable bonds is 6. The average Bonchev–Trinajstić information content (AvgIpc) is 2.52. The summed E-state index contributed by atoms with van der Waals surface area (Å²) in [6.07, 6.45) is 4.36. The third kappa shape index (κ3) is 5.89. The van der Waals surface area contributed by atoms with Gasteiger partial charge in [0.2, 0.25) is 15.9 Å². The Labute approximate surface area is 137 Å². The van der Waals surface area contributed by atoms with Gasteiger partial charge in [0.15, 0.2) is 0 Å². The van der Waals surface area contributed by atoms with Crippen LogP contribution in [0.2, 0.25) is 0 Å². The summed E-state index contributed by atoms with van der Waals surface area (Å²) in [6, 6.07) is 4.95. The van der Waals surface area contributed by atoms with Gasteiger partial charge in [-0.05, 0) is 31.9 Å². The van der Waals surface area contributed by atoms with Gasteiger partial charge >= 0.3 is 0 Å².